The van der Waals surface area contributed by atoms with Crippen molar-refractivity contribution in [2.45, 2.75) is 13.0 Å². The molecule has 3 rings (SSSR count). The summed E-state index contributed by atoms with van der Waals surface area (Å²) >= 11 is 5.91. The first-order chi connectivity index (χ1) is 16.0. The Balaban J connectivity index is 1.79. The lowest BCUT2D eigenvalue weighted by Gasteiger charge is -2.18. The second-order valence-corrected chi connectivity index (χ2v) is 9.98. The maximum absolute atomic E-state index is 14.2. The fourth-order valence-electron chi connectivity index (χ4n) is 2.99. The second-order valence-electron chi connectivity index (χ2n) is 7.76. The van der Waals surface area contributed by atoms with Crippen LogP contribution in [0.15, 0.2) is 42.6 Å². The molecule has 182 valence electrons. The molecule has 0 aliphatic rings. The van der Waals surface area contributed by atoms with Crippen molar-refractivity contribution in [2.75, 3.05) is 36.8 Å². The third-order valence-electron chi connectivity index (χ3n) is 4.80. The van der Waals surface area contributed by atoms with E-state index >= 15 is 0 Å². The molecule has 0 aliphatic carbocycles. The van der Waals surface area contributed by atoms with Crippen molar-refractivity contribution in [3.63, 3.8) is 0 Å². The first kappa shape index (κ1) is 25.6. The Labute approximate surface area is 201 Å². The second kappa shape index (κ2) is 10.5. The van der Waals surface area contributed by atoms with Gasteiger partial charge in [-0.2, -0.15) is 0 Å². The minimum Gasteiger partial charge on any atom is -0.467 e. The molecule has 8 nitrogen and oxygen atoms in total. The molecular formula is C22H24ClF2N5O3S. The summed E-state index contributed by atoms with van der Waals surface area (Å²) in [6.07, 6.45) is 0.410. The van der Waals surface area contributed by atoms with Crippen molar-refractivity contribution in [1.29, 1.82) is 0 Å². The van der Waals surface area contributed by atoms with Crippen LogP contribution in [0.25, 0.3) is 11.3 Å². The highest BCUT2D eigenvalue weighted by atomic mass is 35.5. The van der Waals surface area contributed by atoms with E-state index in [0.29, 0.717) is 23.5 Å². The molecule has 0 aliphatic heterocycles. The summed E-state index contributed by atoms with van der Waals surface area (Å²) in [6, 6.07) is 8.37. The van der Waals surface area contributed by atoms with Crippen LogP contribution in [0.1, 0.15) is 18.6 Å². The van der Waals surface area contributed by atoms with Crippen LogP contribution in [0.5, 0.6) is 5.88 Å². The van der Waals surface area contributed by atoms with Crippen molar-refractivity contribution >= 4 is 33.1 Å². The molecule has 34 heavy (non-hydrogen) atoms. The molecule has 0 fully saturated rings. The van der Waals surface area contributed by atoms with E-state index in [-0.39, 0.29) is 28.0 Å². The molecular weight excluding hydrogens is 488 g/mol. The van der Waals surface area contributed by atoms with Gasteiger partial charge in [0, 0.05) is 23.4 Å². The van der Waals surface area contributed by atoms with E-state index in [9.17, 15) is 17.2 Å². The summed E-state index contributed by atoms with van der Waals surface area (Å²) in [7, 11) is 0.0893. The van der Waals surface area contributed by atoms with Gasteiger partial charge in [0.2, 0.25) is 10.0 Å². The van der Waals surface area contributed by atoms with E-state index in [4.69, 9.17) is 22.1 Å². The number of benzene rings is 2. The number of nitrogens with one attached hydrogen (secondary N) is 1. The van der Waals surface area contributed by atoms with E-state index in [0.717, 1.165) is 12.1 Å². The van der Waals surface area contributed by atoms with Crippen LogP contribution in [0.3, 0.4) is 0 Å². The number of anilines is 2. The minimum absolute atomic E-state index is 0.0417. The number of aromatic nitrogens is 2. The smallest absolute Gasteiger partial charge is 0.258 e. The number of halogens is 3. The van der Waals surface area contributed by atoms with Crippen LogP contribution in [0.4, 0.5) is 20.3 Å². The Hall–Kier alpha value is -3.02. The summed E-state index contributed by atoms with van der Waals surface area (Å²) in [5.74, 6) is -1.68. The number of nitrogen functional groups attached to an aromatic ring is 1. The third-order valence-corrected chi connectivity index (χ3v) is 6.45. The van der Waals surface area contributed by atoms with Crippen molar-refractivity contribution in [3.05, 3.63) is 64.8 Å². The highest BCUT2D eigenvalue weighted by molar-refractivity contribution is 7.92. The molecule has 12 heteroatoms. The van der Waals surface area contributed by atoms with Crippen LogP contribution in [-0.2, 0) is 10.0 Å². The number of nitrogens with two attached hydrogens (primary N) is 1. The van der Waals surface area contributed by atoms with Gasteiger partial charge in [0.1, 0.15) is 17.7 Å². The lowest BCUT2D eigenvalue weighted by Crippen LogP contribution is -2.26. The lowest BCUT2D eigenvalue weighted by molar-refractivity contribution is 0.213. The third kappa shape index (κ3) is 6.31. The molecule has 1 atom stereocenters. The topological polar surface area (TPSA) is 110 Å². The number of hydrogen-bond donors (Lipinski definition) is 2. The summed E-state index contributed by atoms with van der Waals surface area (Å²) in [4.78, 5) is 10.2. The predicted molar refractivity (Wildman–Crippen MR) is 128 cm³/mol. The summed E-state index contributed by atoms with van der Waals surface area (Å²) in [5.41, 5.74) is 7.08. The first-order valence-corrected chi connectivity index (χ1v) is 12.2. The standard InChI is InChI=1S/C22H24ClF2N5O3S/c1-13(19-16(24)8-9-17(25)20(19)23)33-22-21(26)27-12-18(28-22)14-4-6-15(7-5-14)29-34(31,32)11-10-30(2)3/h4-9,12-13,29H,10-11H2,1-3H3,(H2,26,27). The normalized spacial score (nSPS) is 12.6. The minimum atomic E-state index is -3.49. The van der Waals surface area contributed by atoms with Gasteiger partial charge >= 0.3 is 0 Å². The zero-order chi connectivity index (χ0) is 25.0. The van der Waals surface area contributed by atoms with Crippen molar-refractivity contribution in [3.8, 4) is 17.1 Å². The van der Waals surface area contributed by atoms with Gasteiger partial charge in [0.15, 0.2) is 5.82 Å². The number of sulfonamides is 1. The predicted octanol–water partition coefficient (Wildman–Crippen LogP) is 4.10. The summed E-state index contributed by atoms with van der Waals surface area (Å²) in [5, 5.41) is -0.390. The number of ether oxygens (including phenoxy) is 1. The Morgan fingerprint density at radius 2 is 1.79 bits per heavy atom. The summed E-state index contributed by atoms with van der Waals surface area (Å²) in [6.45, 7) is 1.87. The van der Waals surface area contributed by atoms with Crippen LogP contribution >= 0.6 is 11.6 Å². The van der Waals surface area contributed by atoms with Crippen LogP contribution in [-0.4, -0.2) is 49.7 Å². The van der Waals surface area contributed by atoms with E-state index in [1.807, 2.05) is 0 Å². The highest BCUT2D eigenvalue weighted by Gasteiger charge is 2.21. The molecule has 0 amide bonds. The Morgan fingerprint density at radius 1 is 1.15 bits per heavy atom. The number of rotatable bonds is 9. The number of hydrogen-bond acceptors (Lipinski definition) is 7. The highest BCUT2D eigenvalue weighted by Crippen LogP contribution is 2.33. The SMILES string of the molecule is CC(Oc1nc(-c2ccc(NS(=O)(=O)CCN(C)C)cc2)cnc1N)c1c(F)ccc(F)c1Cl. The molecule has 2 aromatic carbocycles. The average Bonchev–Trinajstić information content (AvgIpc) is 2.77. The van der Waals surface area contributed by atoms with Gasteiger partial charge in [-0.25, -0.2) is 27.2 Å². The Morgan fingerprint density at radius 3 is 2.44 bits per heavy atom. The van der Waals surface area contributed by atoms with Crippen molar-refractivity contribution < 1.29 is 21.9 Å². The largest absolute Gasteiger partial charge is 0.467 e. The summed E-state index contributed by atoms with van der Waals surface area (Å²) < 4.78 is 60.5. The Bertz CT molecular complexity index is 1270. The first-order valence-electron chi connectivity index (χ1n) is 10.1. The molecule has 0 saturated carbocycles. The van der Waals surface area contributed by atoms with Gasteiger partial charge < -0.3 is 15.4 Å². The molecule has 3 aromatic rings. The fraction of sp³-hybridized carbons (Fsp3) is 0.273. The van der Waals surface area contributed by atoms with Crippen molar-refractivity contribution in [1.82, 2.24) is 14.9 Å². The maximum Gasteiger partial charge on any atom is 0.258 e. The van der Waals surface area contributed by atoms with Gasteiger partial charge in [0.05, 0.1) is 22.7 Å². The van der Waals surface area contributed by atoms with E-state index < -0.39 is 27.8 Å². The molecule has 1 unspecified atom stereocenters. The molecule has 0 radical (unpaired) electrons. The quantitative estimate of drug-likeness (QED) is 0.416. The van der Waals surface area contributed by atoms with Gasteiger partial charge in [0.25, 0.3) is 5.88 Å². The molecule has 0 spiro atoms. The molecule has 1 aromatic heterocycles. The van der Waals surface area contributed by atoms with Gasteiger partial charge in [-0.3, -0.25) is 4.72 Å². The van der Waals surface area contributed by atoms with E-state index in [1.54, 1.807) is 43.3 Å². The van der Waals surface area contributed by atoms with Crippen molar-refractivity contribution in [2.24, 2.45) is 0 Å². The zero-order valence-corrected chi connectivity index (χ0v) is 20.3. The lowest BCUT2D eigenvalue weighted by atomic mass is 10.1. The molecule has 0 saturated heterocycles. The van der Waals surface area contributed by atoms with Crippen LogP contribution in [0, 0.1) is 11.6 Å². The van der Waals surface area contributed by atoms with Crippen LogP contribution < -0.4 is 15.2 Å². The fourth-order valence-corrected chi connectivity index (χ4v) is 4.50. The van der Waals surface area contributed by atoms with Gasteiger partial charge in [-0.1, -0.05) is 23.7 Å². The van der Waals surface area contributed by atoms with E-state index in [1.165, 1.54) is 13.1 Å². The Kier molecular flexibility index (Phi) is 7.90. The zero-order valence-electron chi connectivity index (χ0n) is 18.7. The van der Waals surface area contributed by atoms with Gasteiger partial charge in [-0.15, -0.1) is 0 Å². The van der Waals surface area contributed by atoms with E-state index in [2.05, 4.69) is 14.7 Å². The molecule has 0 bridgehead atoms. The number of nitrogens with zero attached hydrogens (tertiary/aromatic N) is 3. The average molecular weight is 512 g/mol. The van der Waals surface area contributed by atoms with Crippen LogP contribution in [0.2, 0.25) is 5.02 Å². The molecule has 1 heterocycles. The monoisotopic (exact) mass is 511 g/mol. The maximum atomic E-state index is 14.2. The molecule has 3 N–H and O–H groups in total. The van der Waals surface area contributed by atoms with Gasteiger partial charge in [-0.05, 0) is 45.3 Å².